The predicted octanol–water partition coefficient (Wildman–Crippen LogP) is 15.6. The van der Waals surface area contributed by atoms with Crippen molar-refractivity contribution in [2.24, 2.45) is 0 Å². The minimum Gasteiger partial charge on any atom is -0.309 e. The normalized spacial score (nSPS) is 11.4. The van der Waals surface area contributed by atoms with Gasteiger partial charge in [-0.15, -0.1) is 0 Å². The van der Waals surface area contributed by atoms with E-state index in [0.29, 0.717) is 0 Å². The molecule has 10 aromatic carbocycles. The second kappa shape index (κ2) is 14.1. The maximum Gasteiger partial charge on any atom is 0.0619 e. The second-order valence-corrected chi connectivity index (χ2v) is 14.8. The molecule has 0 aliphatic rings. The van der Waals surface area contributed by atoms with Crippen molar-refractivity contribution in [3.05, 3.63) is 231 Å². The van der Waals surface area contributed by atoms with Crippen LogP contribution in [0.15, 0.2) is 231 Å². The fourth-order valence-electron chi connectivity index (χ4n) is 9.08. The van der Waals surface area contributed by atoms with Crippen LogP contribution in [0.5, 0.6) is 0 Å². The Balaban J connectivity index is 1.27. The molecule has 0 radical (unpaired) electrons. The molecule has 0 amide bonds. The van der Waals surface area contributed by atoms with E-state index in [2.05, 4.69) is 240 Å². The van der Waals surface area contributed by atoms with Crippen molar-refractivity contribution in [3.63, 3.8) is 0 Å². The fourth-order valence-corrected chi connectivity index (χ4v) is 9.08. The number of hydrogen-bond donors (Lipinski definition) is 0. The molecular weight excluding hydrogens is 701 g/mol. The summed E-state index contributed by atoms with van der Waals surface area (Å²) in [5.74, 6) is 0. The van der Waals surface area contributed by atoms with Gasteiger partial charge >= 0.3 is 0 Å². The molecule has 1 aromatic heterocycles. The fraction of sp³-hybridized carbons (Fsp3) is 0. The van der Waals surface area contributed by atoms with E-state index >= 15 is 0 Å². The van der Waals surface area contributed by atoms with E-state index in [4.69, 9.17) is 0 Å². The van der Waals surface area contributed by atoms with E-state index in [1.807, 2.05) is 0 Å². The zero-order valence-corrected chi connectivity index (χ0v) is 31.8. The van der Waals surface area contributed by atoms with Crippen molar-refractivity contribution >= 4 is 60.4 Å². The van der Waals surface area contributed by atoms with E-state index in [0.717, 1.165) is 33.8 Å². The van der Waals surface area contributed by atoms with E-state index < -0.39 is 0 Å². The molecular formula is C56H38N2. The molecule has 2 heteroatoms. The SMILES string of the molecule is c1ccc(-c2ccccc2N(c2ccccc2)c2cccc3c2c2ccccc2n3-c2c(-c3cccc4ccccc34)cccc2-c2cccc3ccccc23)cc1. The molecule has 58 heavy (non-hydrogen) atoms. The summed E-state index contributed by atoms with van der Waals surface area (Å²) in [7, 11) is 0. The lowest BCUT2D eigenvalue weighted by molar-refractivity contribution is 1.18. The lowest BCUT2D eigenvalue weighted by Crippen LogP contribution is -2.11. The summed E-state index contributed by atoms with van der Waals surface area (Å²) < 4.78 is 2.54. The van der Waals surface area contributed by atoms with Crippen LogP contribution in [0.1, 0.15) is 0 Å². The minimum absolute atomic E-state index is 1.10. The van der Waals surface area contributed by atoms with Crippen LogP contribution in [-0.2, 0) is 0 Å². The number of para-hydroxylation sites is 4. The number of aromatic nitrogens is 1. The van der Waals surface area contributed by atoms with Gasteiger partial charge in [0.1, 0.15) is 0 Å². The Morgan fingerprint density at radius 1 is 0.293 bits per heavy atom. The second-order valence-electron chi connectivity index (χ2n) is 14.8. The van der Waals surface area contributed by atoms with Gasteiger partial charge < -0.3 is 9.47 Å². The third kappa shape index (κ3) is 5.50. The molecule has 2 nitrogen and oxygen atoms in total. The number of hydrogen-bond acceptors (Lipinski definition) is 1. The van der Waals surface area contributed by atoms with Crippen molar-refractivity contribution in [2.45, 2.75) is 0 Å². The molecule has 11 aromatic rings. The van der Waals surface area contributed by atoms with Gasteiger partial charge in [0.25, 0.3) is 0 Å². The lowest BCUT2D eigenvalue weighted by Gasteiger charge is -2.28. The van der Waals surface area contributed by atoms with Crippen molar-refractivity contribution in [3.8, 4) is 39.1 Å². The third-order valence-electron chi connectivity index (χ3n) is 11.6. The Bertz CT molecular complexity index is 3180. The Labute approximate surface area is 338 Å². The molecule has 0 saturated heterocycles. The van der Waals surface area contributed by atoms with Crippen molar-refractivity contribution < 1.29 is 0 Å². The van der Waals surface area contributed by atoms with Gasteiger partial charge in [-0.3, -0.25) is 0 Å². The van der Waals surface area contributed by atoms with Gasteiger partial charge in [0.15, 0.2) is 0 Å². The highest BCUT2D eigenvalue weighted by molar-refractivity contribution is 6.18. The zero-order chi connectivity index (χ0) is 38.4. The zero-order valence-electron chi connectivity index (χ0n) is 31.8. The maximum absolute atomic E-state index is 2.54. The quantitative estimate of drug-likeness (QED) is 0.158. The van der Waals surface area contributed by atoms with Crippen molar-refractivity contribution in [2.75, 3.05) is 4.90 Å². The summed E-state index contributed by atoms with van der Waals surface area (Å²) in [6.45, 7) is 0. The van der Waals surface area contributed by atoms with Crippen LogP contribution in [-0.4, -0.2) is 4.57 Å². The number of fused-ring (bicyclic) bond motifs is 5. The Hall–Kier alpha value is -7.68. The summed E-state index contributed by atoms with van der Waals surface area (Å²) in [5, 5.41) is 7.30. The average Bonchev–Trinajstić information content (AvgIpc) is 3.64. The highest BCUT2D eigenvalue weighted by Crippen LogP contribution is 2.49. The van der Waals surface area contributed by atoms with Crippen LogP contribution >= 0.6 is 0 Å². The number of nitrogens with zero attached hydrogens (tertiary/aromatic N) is 2. The molecule has 0 spiro atoms. The summed E-state index contributed by atoms with van der Waals surface area (Å²) in [6, 6.07) is 83.8. The Morgan fingerprint density at radius 2 is 0.741 bits per heavy atom. The summed E-state index contributed by atoms with van der Waals surface area (Å²) >= 11 is 0. The average molecular weight is 739 g/mol. The lowest BCUT2D eigenvalue weighted by atomic mass is 9.90. The highest BCUT2D eigenvalue weighted by Gasteiger charge is 2.25. The topological polar surface area (TPSA) is 8.17 Å². The van der Waals surface area contributed by atoms with Crippen LogP contribution in [0, 0.1) is 0 Å². The van der Waals surface area contributed by atoms with Gasteiger partial charge in [0, 0.05) is 33.2 Å². The Morgan fingerprint density at radius 3 is 1.43 bits per heavy atom. The first-order valence-corrected chi connectivity index (χ1v) is 19.9. The molecule has 0 atom stereocenters. The number of rotatable bonds is 7. The van der Waals surface area contributed by atoms with E-state index in [-0.39, 0.29) is 0 Å². The molecule has 0 fully saturated rings. The van der Waals surface area contributed by atoms with Crippen LogP contribution in [0.25, 0.3) is 82.4 Å². The van der Waals surface area contributed by atoms with Crippen LogP contribution < -0.4 is 4.90 Å². The molecule has 272 valence electrons. The molecule has 0 bridgehead atoms. The van der Waals surface area contributed by atoms with E-state index in [9.17, 15) is 0 Å². The number of benzene rings is 10. The summed E-state index contributed by atoms with van der Waals surface area (Å²) in [5.41, 5.74) is 13.9. The Kier molecular flexibility index (Phi) is 8.19. The first-order valence-electron chi connectivity index (χ1n) is 19.9. The van der Waals surface area contributed by atoms with Gasteiger partial charge in [-0.05, 0) is 74.6 Å². The molecule has 0 saturated carbocycles. The standard InChI is InChI=1S/C56H38N2/c1-3-19-41(20-4-1)45-29-11-13-35-51(45)57(42-25-5-2-6-26-42)53-37-18-38-54-55(53)50-30-12-14-36-52(50)58(54)56-48(46-31-15-23-39-21-7-9-27-43(39)46)33-17-34-49(56)47-32-16-24-40-22-8-10-28-44(40)47/h1-38H. The molecule has 0 aliphatic carbocycles. The highest BCUT2D eigenvalue weighted by atomic mass is 15.2. The molecule has 1 heterocycles. The predicted molar refractivity (Wildman–Crippen MR) is 247 cm³/mol. The number of anilines is 3. The first kappa shape index (κ1) is 33.6. The van der Waals surface area contributed by atoms with Crippen molar-refractivity contribution in [1.29, 1.82) is 0 Å². The monoisotopic (exact) mass is 738 g/mol. The van der Waals surface area contributed by atoms with Gasteiger partial charge in [-0.25, -0.2) is 0 Å². The van der Waals surface area contributed by atoms with E-state index in [1.165, 1.54) is 65.7 Å². The van der Waals surface area contributed by atoms with E-state index in [1.54, 1.807) is 0 Å². The van der Waals surface area contributed by atoms with Crippen molar-refractivity contribution in [1.82, 2.24) is 4.57 Å². The molecule has 0 unspecified atom stereocenters. The minimum atomic E-state index is 1.10. The van der Waals surface area contributed by atoms with Crippen LogP contribution in [0.4, 0.5) is 17.1 Å². The molecule has 0 N–H and O–H groups in total. The third-order valence-corrected chi connectivity index (χ3v) is 11.6. The smallest absolute Gasteiger partial charge is 0.0619 e. The largest absolute Gasteiger partial charge is 0.309 e. The van der Waals surface area contributed by atoms with Crippen LogP contribution in [0.3, 0.4) is 0 Å². The summed E-state index contributed by atoms with van der Waals surface area (Å²) in [4.78, 5) is 2.45. The molecule has 11 rings (SSSR count). The van der Waals surface area contributed by atoms with Crippen LogP contribution in [0.2, 0.25) is 0 Å². The summed E-state index contributed by atoms with van der Waals surface area (Å²) in [6.07, 6.45) is 0. The molecule has 0 aliphatic heterocycles. The first-order chi connectivity index (χ1) is 28.8. The van der Waals surface area contributed by atoms with Gasteiger partial charge in [0.05, 0.1) is 28.1 Å². The van der Waals surface area contributed by atoms with Gasteiger partial charge in [0.2, 0.25) is 0 Å². The van der Waals surface area contributed by atoms with Gasteiger partial charge in [-0.2, -0.15) is 0 Å². The van der Waals surface area contributed by atoms with Gasteiger partial charge in [-0.1, -0.05) is 194 Å². The maximum atomic E-state index is 2.54.